The molecule has 10 nitrogen and oxygen atoms in total. The van der Waals surface area contributed by atoms with E-state index in [2.05, 4.69) is 25.7 Å². The van der Waals surface area contributed by atoms with Gasteiger partial charge in [-0.3, -0.25) is 10.2 Å². The average Bonchev–Trinajstić information content (AvgIpc) is 2.98. The van der Waals surface area contributed by atoms with Crippen LogP contribution in [0.1, 0.15) is 12.8 Å². The largest absolute Gasteiger partial charge is 0.381 e. The molecule has 1 fully saturated rings. The van der Waals surface area contributed by atoms with E-state index in [4.69, 9.17) is 11.6 Å². The normalized spacial score (nSPS) is 16.0. The summed E-state index contributed by atoms with van der Waals surface area (Å²) in [5, 5.41) is 12.1. The number of hydrazine groups is 1. The molecule has 1 amide bonds. The number of hydrogen-bond donors (Lipinski definition) is 5. The summed E-state index contributed by atoms with van der Waals surface area (Å²) >= 11 is 0. The van der Waals surface area contributed by atoms with Crippen molar-refractivity contribution in [3.05, 3.63) is 0 Å². The first kappa shape index (κ1) is 14.2. The number of aromatic nitrogens is 3. The van der Waals surface area contributed by atoms with Crippen LogP contribution in [0.2, 0.25) is 0 Å². The maximum Gasteiger partial charge on any atom is 0.248 e. The van der Waals surface area contributed by atoms with Gasteiger partial charge < -0.3 is 21.1 Å². The number of nitrogens with two attached hydrogens (primary N) is 2. The number of anilines is 3. The molecular weight excluding hydrogens is 264 g/mol. The van der Waals surface area contributed by atoms with Crippen LogP contribution < -0.4 is 27.2 Å². The van der Waals surface area contributed by atoms with Gasteiger partial charge in [0, 0.05) is 13.1 Å². The van der Waals surface area contributed by atoms with Crippen molar-refractivity contribution >= 4 is 23.8 Å². The summed E-state index contributed by atoms with van der Waals surface area (Å²) in [7, 11) is 0. The van der Waals surface area contributed by atoms with E-state index in [1.807, 2.05) is 4.90 Å². The summed E-state index contributed by atoms with van der Waals surface area (Å²) in [5.74, 6) is 5.43. The van der Waals surface area contributed by atoms with Crippen molar-refractivity contribution in [2.45, 2.75) is 18.9 Å². The highest BCUT2D eigenvalue weighted by Gasteiger charge is 2.18. The third kappa shape index (κ3) is 3.42. The van der Waals surface area contributed by atoms with Gasteiger partial charge in [-0.2, -0.15) is 15.0 Å². The van der Waals surface area contributed by atoms with E-state index in [0.29, 0.717) is 5.95 Å². The number of primary amides is 1. The first-order valence-corrected chi connectivity index (χ1v) is 6.29. The third-order valence-corrected chi connectivity index (χ3v) is 2.92. The maximum atomic E-state index is 10.8. The zero-order valence-electron chi connectivity index (χ0n) is 10.9. The Morgan fingerprint density at radius 2 is 1.95 bits per heavy atom. The summed E-state index contributed by atoms with van der Waals surface area (Å²) in [6.45, 7) is 1.66. The van der Waals surface area contributed by atoms with Gasteiger partial charge in [0.1, 0.15) is 6.10 Å². The molecule has 1 saturated heterocycles. The minimum atomic E-state index is -1.31. The Morgan fingerprint density at radius 1 is 1.30 bits per heavy atom. The van der Waals surface area contributed by atoms with Crippen LogP contribution in [0.4, 0.5) is 17.8 Å². The second-order valence-electron chi connectivity index (χ2n) is 4.42. The van der Waals surface area contributed by atoms with Crippen molar-refractivity contribution in [1.29, 1.82) is 0 Å². The highest BCUT2D eigenvalue weighted by molar-refractivity contribution is 5.79. The molecular formula is C10H18N8O2. The van der Waals surface area contributed by atoms with Crippen LogP contribution in [0.15, 0.2) is 0 Å². The van der Waals surface area contributed by atoms with Gasteiger partial charge in [0.15, 0.2) is 0 Å². The van der Waals surface area contributed by atoms with Crippen LogP contribution in [0, 0.1) is 0 Å². The molecule has 7 N–H and O–H groups in total. The molecule has 1 aromatic rings. The van der Waals surface area contributed by atoms with Gasteiger partial charge in [-0.05, 0) is 12.8 Å². The molecule has 1 aromatic heterocycles. The van der Waals surface area contributed by atoms with Crippen molar-refractivity contribution < 1.29 is 9.90 Å². The SMILES string of the molecule is NNc1nc(NCC(O)C(N)=O)nc(N2CCCC2)n1. The summed E-state index contributed by atoms with van der Waals surface area (Å²) in [4.78, 5) is 25.2. The van der Waals surface area contributed by atoms with E-state index < -0.39 is 12.0 Å². The first-order valence-electron chi connectivity index (χ1n) is 6.29. The molecule has 110 valence electrons. The Labute approximate surface area is 115 Å². The molecule has 2 rings (SSSR count). The molecule has 0 aromatic carbocycles. The van der Waals surface area contributed by atoms with Gasteiger partial charge in [-0.15, -0.1) is 0 Å². The summed E-state index contributed by atoms with van der Waals surface area (Å²) in [5.41, 5.74) is 7.32. The van der Waals surface area contributed by atoms with Crippen molar-refractivity contribution in [2.75, 3.05) is 35.3 Å². The van der Waals surface area contributed by atoms with Crippen LogP contribution in [-0.2, 0) is 4.79 Å². The second-order valence-corrected chi connectivity index (χ2v) is 4.42. The lowest BCUT2D eigenvalue weighted by Crippen LogP contribution is -2.34. The number of rotatable bonds is 6. The molecule has 1 aliphatic rings. The summed E-state index contributed by atoms with van der Waals surface area (Å²) in [6, 6.07) is 0. The van der Waals surface area contributed by atoms with Gasteiger partial charge in [0.25, 0.3) is 0 Å². The number of amides is 1. The number of hydrogen-bond acceptors (Lipinski definition) is 9. The predicted octanol–water partition coefficient (Wildman–Crippen LogP) is -1.98. The highest BCUT2D eigenvalue weighted by Crippen LogP contribution is 2.18. The molecule has 0 radical (unpaired) electrons. The number of aliphatic hydroxyl groups excluding tert-OH is 1. The Hall–Kier alpha value is -2.20. The number of aliphatic hydroxyl groups is 1. The van der Waals surface area contributed by atoms with E-state index in [9.17, 15) is 9.90 Å². The summed E-state index contributed by atoms with van der Waals surface area (Å²) in [6.07, 6.45) is 0.858. The maximum absolute atomic E-state index is 10.8. The standard InChI is InChI=1S/C10H18N8O2/c11-7(20)6(19)5-13-8-14-9(17-12)16-10(15-8)18-3-1-2-4-18/h6,19H,1-5,12H2,(H2,11,20)(H2,13,14,15,16,17). The highest BCUT2D eigenvalue weighted by atomic mass is 16.3. The van der Waals surface area contributed by atoms with E-state index >= 15 is 0 Å². The Morgan fingerprint density at radius 3 is 2.55 bits per heavy atom. The molecule has 0 spiro atoms. The minimum Gasteiger partial charge on any atom is -0.381 e. The van der Waals surface area contributed by atoms with Crippen LogP contribution in [0.25, 0.3) is 0 Å². The number of carbonyl (C=O) groups is 1. The lowest BCUT2D eigenvalue weighted by atomic mass is 10.3. The Balaban J connectivity index is 2.11. The van der Waals surface area contributed by atoms with Crippen LogP contribution >= 0.6 is 0 Å². The number of nitrogen functional groups attached to an aromatic ring is 1. The average molecular weight is 282 g/mol. The number of nitrogens with one attached hydrogen (secondary N) is 2. The van der Waals surface area contributed by atoms with E-state index in [0.717, 1.165) is 25.9 Å². The predicted molar refractivity (Wildman–Crippen MR) is 72.8 cm³/mol. The van der Waals surface area contributed by atoms with Gasteiger partial charge in [-0.25, -0.2) is 5.84 Å². The lowest BCUT2D eigenvalue weighted by Gasteiger charge is -2.17. The smallest absolute Gasteiger partial charge is 0.248 e. The van der Waals surface area contributed by atoms with Crippen molar-refractivity contribution in [3.63, 3.8) is 0 Å². The van der Waals surface area contributed by atoms with Crippen LogP contribution in [0.5, 0.6) is 0 Å². The fraction of sp³-hybridized carbons (Fsp3) is 0.600. The molecule has 20 heavy (non-hydrogen) atoms. The molecule has 10 heteroatoms. The van der Waals surface area contributed by atoms with E-state index in [1.54, 1.807) is 0 Å². The molecule has 1 unspecified atom stereocenters. The van der Waals surface area contributed by atoms with Gasteiger partial charge in [-0.1, -0.05) is 0 Å². The Kier molecular flexibility index (Phi) is 4.48. The number of carbonyl (C=O) groups excluding carboxylic acids is 1. The Bertz CT molecular complexity index is 476. The van der Waals surface area contributed by atoms with Crippen LogP contribution in [0.3, 0.4) is 0 Å². The minimum absolute atomic E-state index is 0.0806. The molecule has 1 aliphatic heterocycles. The van der Waals surface area contributed by atoms with Crippen molar-refractivity contribution in [3.8, 4) is 0 Å². The molecule has 0 saturated carbocycles. The topological polar surface area (TPSA) is 155 Å². The quantitative estimate of drug-likeness (QED) is 0.294. The van der Waals surface area contributed by atoms with Crippen molar-refractivity contribution in [1.82, 2.24) is 15.0 Å². The monoisotopic (exact) mass is 282 g/mol. The number of nitrogens with zero attached hydrogens (tertiary/aromatic N) is 4. The van der Waals surface area contributed by atoms with Gasteiger partial charge in [0.2, 0.25) is 23.8 Å². The molecule has 0 bridgehead atoms. The van der Waals surface area contributed by atoms with Crippen LogP contribution in [-0.4, -0.2) is 51.7 Å². The lowest BCUT2D eigenvalue weighted by molar-refractivity contribution is -0.125. The first-order chi connectivity index (χ1) is 9.60. The summed E-state index contributed by atoms with van der Waals surface area (Å²) < 4.78 is 0. The third-order valence-electron chi connectivity index (χ3n) is 2.92. The fourth-order valence-corrected chi connectivity index (χ4v) is 1.86. The molecule has 1 atom stereocenters. The molecule has 0 aliphatic carbocycles. The van der Waals surface area contributed by atoms with Gasteiger partial charge in [0.05, 0.1) is 6.54 Å². The van der Waals surface area contributed by atoms with E-state index in [1.165, 1.54) is 0 Å². The fourth-order valence-electron chi connectivity index (χ4n) is 1.86. The molecule has 2 heterocycles. The zero-order valence-corrected chi connectivity index (χ0v) is 10.9. The second kappa shape index (κ2) is 6.30. The van der Waals surface area contributed by atoms with Gasteiger partial charge >= 0.3 is 0 Å². The van der Waals surface area contributed by atoms with Crippen molar-refractivity contribution in [2.24, 2.45) is 11.6 Å². The van der Waals surface area contributed by atoms with E-state index in [-0.39, 0.29) is 18.4 Å². The zero-order chi connectivity index (χ0) is 14.5.